The summed E-state index contributed by atoms with van der Waals surface area (Å²) in [6, 6.07) is 4.66. The molecule has 1 aromatic carbocycles. The Hall–Kier alpha value is -1.27. The lowest BCUT2D eigenvalue weighted by molar-refractivity contribution is 0.414. The molecular formula is C13H20N2O3S. The summed E-state index contributed by atoms with van der Waals surface area (Å²) in [6.07, 6.45) is 3.06. The molecule has 2 unspecified atom stereocenters. The Bertz CT molecular complexity index is 557. The van der Waals surface area contributed by atoms with Crippen molar-refractivity contribution >= 4 is 15.7 Å². The maximum atomic E-state index is 12.2. The van der Waals surface area contributed by atoms with E-state index in [0.717, 1.165) is 19.3 Å². The van der Waals surface area contributed by atoms with Crippen LogP contribution in [0.4, 0.5) is 5.69 Å². The first-order valence-corrected chi connectivity index (χ1v) is 7.92. The van der Waals surface area contributed by atoms with E-state index in [1.54, 1.807) is 6.07 Å². The molecule has 2 atom stereocenters. The zero-order valence-electron chi connectivity index (χ0n) is 11.2. The fraction of sp³-hybridized carbons (Fsp3) is 0.538. The molecule has 19 heavy (non-hydrogen) atoms. The Labute approximate surface area is 114 Å². The number of hydrogen-bond donors (Lipinski definition) is 2. The molecule has 106 valence electrons. The fourth-order valence-corrected chi connectivity index (χ4v) is 3.67. The number of benzene rings is 1. The predicted octanol–water partition coefficient (Wildman–Crippen LogP) is 1.74. The number of sulfonamides is 1. The van der Waals surface area contributed by atoms with Gasteiger partial charge in [-0.05, 0) is 30.9 Å². The van der Waals surface area contributed by atoms with Gasteiger partial charge in [-0.2, -0.15) is 0 Å². The smallest absolute Gasteiger partial charge is 0.242 e. The number of anilines is 1. The van der Waals surface area contributed by atoms with E-state index in [1.807, 2.05) is 0 Å². The average Bonchev–Trinajstić information content (AvgIpc) is 3.06. The minimum Gasteiger partial charge on any atom is -0.497 e. The second kappa shape index (κ2) is 5.38. The molecule has 0 bridgehead atoms. The van der Waals surface area contributed by atoms with Gasteiger partial charge in [-0.1, -0.05) is 13.3 Å². The molecule has 0 heterocycles. The molecule has 1 aromatic rings. The van der Waals surface area contributed by atoms with Gasteiger partial charge in [0.25, 0.3) is 0 Å². The van der Waals surface area contributed by atoms with Gasteiger partial charge in [0, 0.05) is 12.1 Å². The van der Waals surface area contributed by atoms with E-state index in [-0.39, 0.29) is 16.6 Å². The van der Waals surface area contributed by atoms with Crippen LogP contribution in [-0.2, 0) is 10.0 Å². The molecule has 2 rings (SSSR count). The van der Waals surface area contributed by atoms with Crippen molar-refractivity contribution in [2.75, 3.05) is 12.8 Å². The third kappa shape index (κ3) is 3.19. The van der Waals surface area contributed by atoms with Crippen LogP contribution in [0, 0.1) is 5.92 Å². The number of nitrogen functional groups attached to an aromatic ring is 1. The number of nitrogens with two attached hydrogens (primary N) is 1. The van der Waals surface area contributed by atoms with Crippen molar-refractivity contribution in [3.05, 3.63) is 18.2 Å². The normalized spacial score (nSPS) is 22.2. The Kier molecular flexibility index (Phi) is 4.01. The molecule has 1 aliphatic rings. The van der Waals surface area contributed by atoms with Crippen LogP contribution < -0.4 is 15.2 Å². The summed E-state index contributed by atoms with van der Waals surface area (Å²) < 4.78 is 32.2. The molecule has 0 aliphatic heterocycles. The minimum atomic E-state index is -3.53. The van der Waals surface area contributed by atoms with Crippen molar-refractivity contribution in [2.24, 2.45) is 5.92 Å². The highest BCUT2D eigenvalue weighted by molar-refractivity contribution is 7.89. The molecule has 0 saturated heterocycles. The van der Waals surface area contributed by atoms with E-state index in [2.05, 4.69) is 11.6 Å². The number of methoxy groups -OCH3 is 1. The van der Waals surface area contributed by atoms with E-state index in [0.29, 0.717) is 11.7 Å². The first-order chi connectivity index (χ1) is 8.97. The minimum absolute atomic E-state index is 0.0615. The average molecular weight is 284 g/mol. The van der Waals surface area contributed by atoms with Crippen LogP contribution >= 0.6 is 0 Å². The Morgan fingerprint density at radius 2 is 2.21 bits per heavy atom. The topological polar surface area (TPSA) is 81.4 Å². The Balaban J connectivity index is 2.12. The molecule has 0 spiro atoms. The summed E-state index contributed by atoms with van der Waals surface area (Å²) in [5, 5.41) is 0. The van der Waals surface area contributed by atoms with Crippen molar-refractivity contribution in [3.8, 4) is 5.75 Å². The number of hydrogen-bond acceptors (Lipinski definition) is 4. The molecule has 3 N–H and O–H groups in total. The maximum Gasteiger partial charge on any atom is 0.242 e. The van der Waals surface area contributed by atoms with E-state index in [1.165, 1.54) is 19.2 Å². The third-order valence-electron chi connectivity index (χ3n) is 3.40. The summed E-state index contributed by atoms with van der Waals surface area (Å²) in [6.45, 7) is 2.10. The zero-order valence-corrected chi connectivity index (χ0v) is 12.0. The van der Waals surface area contributed by atoms with Gasteiger partial charge in [-0.25, -0.2) is 13.1 Å². The highest BCUT2D eigenvalue weighted by Crippen LogP contribution is 2.36. The molecule has 6 heteroatoms. The monoisotopic (exact) mass is 284 g/mol. The molecule has 0 aromatic heterocycles. The second-order valence-electron chi connectivity index (χ2n) is 4.92. The second-order valence-corrected chi connectivity index (χ2v) is 6.60. The summed E-state index contributed by atoms with van der Waals surface area (Å²) in [7, 11) is -2.02. The van der Waals surface area contributed by atoms with Crippen molar-refractivity contribution in [1.29, 1.82) is 0 Å². The summed E-state index contributed by atoms with van der Waals surface area (Å²) in [4.78, 5) is 0.121. The van der Waals surface area contributed by atoms with Crippen LogP contribution in [0.5, 0.6) is 5.75 Å². The van der Waals surface area contributed by atoms with Gasteiger partial charge >= 0.3 is 0 Å². The van der Waals surface area contributed by atoms with Crippen molar-refractivity contribution < 1.29 is 13.2 Å². The molecule has 5 nitrogen and oxygen atoms in total. The first-order valence-electron chi connectivity index (χ1n) is 6.43. The van der Waals surface area contributed by atoms with Crippen LogP contribution in [0.2, 0.25) is 0 Å². The lowest BCUT2D eigenvalue weighted by atomic mass is 10.2. The van der Waals surface area contributed by atoms with Crippen molar-refractivity contribution in [3.63, 3.8) is 0 Å². The fourth-order valence-electron chi connectivity index (χ4n) is 2.24. The van der Waals surface area contributed by atoms with Gasteiger partial charge in [-0.3, -0.25) is 0 Å². The van der Waals surface area contributed by atoms with E-state index in [4.69, 9.17) is 10.5 Å². The lowest BCUT2D eigenvalue weighted by Gasteiger charge is -2.10. The highest BCUT2D eigenvalue weighted by atomic mass is 32.2. The van der Waals surface area contributed by atoms with Gasteiger partial charge in [0.05, 0.1) is 12.8 Å². The Morgan fingerprint density at radius 1 is 1.47 bits per heavy atom. The third-order valence-corrected chi connectivity index (χ3v) is 4.96. The van der Waals surface area contributed by atoms with Crippen molar-refractivity contribution in [2.45, 2.75) is 37.1 Å². The number of ether oxygens (including phenoxy) is 1. The summed E-state index contributed by atoms with van der Waals surface area (Å²) in [5.41, 5.74) is 5.98. The van der Waals surface area contributed by atoms with Crippen molar-refractivity contribution in [1.82, 2.24) is 4.72 Å². The molecule has 1 aliphatic carbocycles. The van der Waals surface area contributed by atoms with E-state index in [9.17, 15) is 8.42 Å². The molecule has 0 amide bonds. The van der Waals surface area contributed by atoms with Crippen LogP contribution in [0.3, 0.4) is 0 Å². The predicted molar refractivity (Wildman–Crippen MR) is 74.5 cm³/mol. The van der Waals surface area contributed by atoms with Crippen LogP contribution in [-0.4, -0.2) is 21.6 Å². The molecule has 1 saturated carbocycles. The van der Waals surface area contributed by atoms with Gasteiger partial charge in [-0.15, -0.1) is 0 Å². The first kappa shape index (κ1) is 14.1. The van der Waals surface area contributed by atoms with E-state index >= 15 is 0 Å². The van der Waals surface area contributed by atoms with Crippen LogP contribution in [0.1, 0.15) is 26.2 Å². The SMILES string of the molecule is CCCC1CC1NS(=O)(=O)c1ccc(OC)cc1N. The van der Waals surface area contributed by atoms with Gasteiger partial charge in [0.15, 0.2) is 0 Å². The van der Waals surface area contributed by atoms with Gasteiger partial charge in [0.2, 0.25) is 10.0 Å². The van der Waals surface area contributed by atoms with Crippen LogP contribution in [0.25, 0.3) is 0 Å². The van der Waals surface area contributed by atoms with Crippen LogP contribution in [0.15, 0.2) is 23.1 Å². The largest absolute Gasteiger partial charge is 0.497 e. The summed E-state index contributed by atoms with van der Waals surface area (Å²) >= 11 is 0. The number of rotatable bonds is 6. The molecule has 1 fully saturated rings. The standard InChI is InChI=1S/C13H20N2O3S/c1-3-4-9-7-12(9)15-19(16,17)13-6-5-10(18-2)8-11(13)14/h5-6,8-9,12,15H,3-4,7,14H2,1-2H3. The zero-order chi connectivity index (χ0) is 14.0. The highest BCUT2D eigenvalue weighted by Gasteiger charge is 2.39. The summed E-state index contributed by atoms with van der Waals surface area (Å²) in [5.74, 6) is 1.02. The van der Waals surface area contributed by atoms with E-state index < -0.39 is 10.0 Å². The maximum absolute atomic E-state index is 12.2. The number of nitrogens with one attached hydrogen (secondary N) is 1. The van der Waals surface area contributed by atoms with Gasteiger partial charge in [0.1, 0.15) is 10.6 Å². The van der Waals surface area contributed by atoms with Gasteiger partial charge < -0.3 is 10.5 Å². The molecular weight excluding hydrogens is 264 g/mol. The Morgan fingerprint density at radius 3 is 2.79 bits per heavy atom. The molecule has 0 radical (unpaired) electrons. The quantitative estimate of drug-likeness (QED) is 0.780. The lowest BCUT2D eigenvalue weighted by Crippen LogP contribution is -2.27.